The SMILES string of the molecule is Cl.N[C@@H](c1cc(C(F)(F)F)ccc1Cl)C1CCCCC1. The first kappa shape index (κ1) is 17.6. The molecule has 0 bridgehead atoms. The molecule has 1 fully saturated rings. The van der Waals surface area contributed by atoms with Gasteiger partial charge in [-0.05, 0) is 42.5 Å². The lowest BCUT2D eigenvalue weighted by Gasteiger charge is -2.28. The number of benzene rings is 1. The average molecular weight is 328 g/mol. The Labute approximate surface area is 128 Å². The van der Waals surface area contributed by atoms with Gasteiger partial charge < -0.3 is 5.73 Å². The fraction of sp³-hybridized carbons (Fsp3) is 0.571. The zero-order valence-corrected chi connectivity index (χ0v) is 12.5. The number of nitrogens with two attached hydrogens (primary N) is 1. The summed E-state index contributed by atoms with van der Waals surface area (Å²) in [5.74, 6) is 0.231. The van der Waals surface area contributed by atoms with Crippen molar-refractivity contribution in [3.05, 3.63) is 34.3 Å². The van der Waals surface area contributed by atoms with Crippen LogP contribution in [0.25, 0.3) is 0 Å². The van der Waals surface area contributed by atoms with Crippen molar-refractivity contribution in [3.8, 4) is 0 Å². The molecule has 0 heterocycles. The highest BCUT2D eigenvalue weighted by molar-refractivity contribution is 6.31. The minimum atomic E-state index is -4.36. The van der Waals surface area contributed by atoms with E-state index in [2.05, 4.69) is 0 Å². The molecule has 20 heavy (non-hydrogen) atoms. The van der Waals surface area contributed by atoms with Gasteiger partial charge in [-0.2, -0.15) is 13.2 Å². The predicted molar refractivity (Wildman–Crippen MR) is 77.2 cm³/mol. The molecule has 2 N–H and O–H groups in total. The molecular formula is C14H18Cl2F3N. The van der Waals surface area contributed by atoms with E-state index in [4.69, 9.17) is 17.3 Å². The van der Waals surface area contributed by atoms with Gasteiger partial charge in [-0.1, -0.05) is 30.9 Å². The standard InChI is InChI=1S/C14H17ClF3N.ClH/c15-12-7-6-10(14(16,17)18)8-11(12)13(19)9-4-2-1-3-5-9;/h6-9,13H,1-5,19H2;1H/t13-;/m1./s1. The Bertz CT molecular complexity index is 443. The molecule has 0 radical (unpaired) electrons. The zero-order valence-electron chi connectivity index (χ0n) is 10.9. The van der Waals surface area contributed by atoms with Crippen LogP contribution in [-0.2, 0) is 6.18 Å². The third-order valence-corrected chi connectivity index (χ3v) is 4.18. The van der Waals surface area contributed by atoms with Gasteiger partial charge in [-0.3, -0.25) is 0 Å². The number of alkyl halides is 3. The topological polar surface area (TPSA) is 26.0 Å². The minimum Gasteiger partial charge on any atom is -0.324 e. The Morgan fingerprint density at radius 2 is 1.75 bits per heavy atom. The first-order valence-electron chi connectivity index (χ1n) is 6.52. The van der Waals surface area contributed by atoms with Crippen LogP contribution in [0.4, 0.5) is 13.2 Å². The molecule has 0 aliphatic heterocycles. The zero-order chi connectivity index (χ0) is 14.0. The number of hydrogen-bond donors (Lipinski definition) is 1. The number of rotatable bonds is 2. The lowest BCUT2D eigenvalue weighted by atomic mass is 9.81. The molecule has 114 valence electrons. The Morgan fingerprint density at radius 3 is 2.30 bits per heavy atom. The molecule has 1 atom stereocenters. The molecular weight excluding hydrogens is 310 g/mol. The maximum Gasteiger partial charge on any atom is 0.416 e. The molecule has 1 aliphatic rings. The summed E-state index contributed by atoms with van der Waals surface area (Å²) in [5, 5.41) is 0.325. The van der Waals surface area contributed by atoms with Crippen LogP contribution >= 0.6 is 24.0 Å². The van der Waals surface area contributed by atoms with Gasteiger partial charge >= 0.3 is 6.18 Å². The summed E-state index contributed by atoms with van der Waals surface area (Å²) in [6.45, 7) is 0. The van der Waals surface area contributed by atoms with Gasteiger partial charge in [0.2, 0.25) is 0 Å². The summed E-state index contributed by atoms with van der Waals surface area (Å²) >= 11 is 6.01. The van der Waals surface area contributed by atoms with E-state index in [0.717, 1.165) is 37.8 Å². The van der Waals surface area contributed by atoms with E-state index in [1.54, 1.807) is 0 Å². The monoisotopic (exact) mass is 327 g/mol. The summed E-state index contributed by atoms with van der Waals surface area (Å²) in [5.41, 5.74) is 5.87. The van der Waals surface area contributed by atoms with Crippen molar-refractivity contribution in [2.45, 2.75) is 44.3 Å². The molecule has 1 nitrogen and oxygen atoms in total. The van der Waals surface area contributed by atoms with Gasteiger partial charge in [0.1, 0.15) is 0 Å². The predicted octanol–water partition coefficient (Wildman–Crippen LogP) is 5.36. The normalized spacial score (nSPS) is 18.4. The van der Waals surface area contributed by atoms with Crippen LogP contribution in [-0.4, -0.2) is 0 Å². The highest BCUT2D eigenvalue weighted by Crippen LogP contribution is 2.38. The molecule has 1 aromatic carbocycles. The second-order valence-corrected chi connectivity index (χ2v) is 5.57. The fourth-order valence-electron chi connectivity index (χ4n) is 2.72. The lowest BCUT2D eigenvalue weighted by molar-refractivity contribution is -0.137. The summed E-state index contributed by atoms with van der Waals surface area (Å²) < 4.78 is 38.2. The highest BCUT2D eigenvalue weighted by Gasteiger charge is 2.32. The first-order valence-corrected chi connectivity index (χ1v) is 6.89. The van der Waals surface area contributed by atoms with Crippen LogP contribution in [0.5, 0.6) is 0 Å². The molecule has 0 spiro atoms. The third kappa shape index (κ3) is 4.03. The lowest BCUT2D eigenvalue weighted by Crippen LogP contribution is -2.24. The van der Waals surface area contributed by atoms with E-state index in [1.807, 2.05) is 0 Å². The van der Waals surface area contributed by atoms with E-state index < -0.39 is 17.8 Å². The Kier molecular flexibility index (Phi) is 6.17. The van der Waals surface area contributed by atoms with Gasteiger partial charge in [0, 0.05) is 11.1 Å². The van der Waals surface area contributed by atoms with Gasteiger partial charge in [0.25, 0.3) is 0 Å². The Hall–Kier alpha value is -0.450. The molecule has 0 aromatic heterocycles. The maximum absolute atomic E-state index is 12.7. The molecule has 2 rings (SSSR count). The molecule has 0 amide bonds. The smallest absolute Gasteiger partial charge is 0.324 e. The summed E-state index contributed by atoms with van der Waals surface area (Å²) in [6, 6.07) is 2.98. The Morgan fingerprint density at radius 1 is 1.15 bits per heavy atom. The number of hydrogen-bond acceptors (Lipinski definition) is 1. The van der Waals surface area contributed by atoms with Gasteiger partial charge in [0.15, 0.2) is 0 Å². The van der Waals surface area contributed by atoms with E-state index in [9.17, 15) is 13.2 Å². The third-order valence-electron chi connectivity index (χ3n) is 3.84. The van der Waals surface area contributed by atoms with Crippen LogP contribution in [0.15, 0.2) is 18.2 Å². The van der Waals surface area contributed by atoms with Crippen LogP contribution in [0.3, 0.4) is 0 Å². The fourth-order valence-corrected chi connectivity index (χ4v) is 2.97. The summed E-state index contributed by atoms with van der Waals surface area (Å²) in [7, 11) is 0. The summed E-state index contributed by atoms with van der Waals surface area (Å²) in [6.07, 6.45) is 0.941. The average Bonchev–Trinajstić information content (AvgIpc) is 2.38. The van der Waals surface area contributed by atoms with Crippen molar-refractivity contribution in [2.24, 2.45) is 11.7 Å². The van der Waals surface area contributed by atoms with Crippen molar-refractivity contribution in [3.63, 3.8) is 0 Å². The van der Waals surface area contributed by atoms with Gasteiger partial charge in [-0.15, -0.1) is 12.4 Å². The molecule has 6 heteroatoms. The molecule has 1 aliphatic carbocycles. The van der Waals surface area contributed by atoms with Crippen molar-refractivity contribution < 1.29 is 13.2 Å². The van der Waals surface area contributed by atoms with Crippen LogP contribution in [0, 0.1) is 5.92 Å². The van der Waals surface area contributed by atoms with E-state index >= 15 is 0 Å². The summed E-state index contributed by atoms with van der Waals surface area (Å²) in [4.78, 5) is 0. The van der Waals surface area contributed by atoms with E-state index in [0.29, 0.717) is 10.6 Å². The second-order valence-electron chi connectivity index (χ2n) is 5.16. The van der Waals surface area contributed by atoms with Crippen molar-refractivity contribution in [2.75, 3.05) is 0 Å². The van der Waals surface area contributed by atoms with Gasteiger partial charge in [-0.25, -0.2) is 0 Å². The van der Waals surface area contributed by atoms with Crippen LogP contribution in [0.1, 0.15) is 49.3 Å². The van der Waals surface area contributed by atoms with Crippen LogP contribution in [0.2, 0.25) is 5.02 Å². The first-order chi connectivity index (χ1) is 8.89. The van der Waals surface area contributed by atoms with Crippen molar-refractivity contribution >= 4 is 24.0 Å². The Balaban J connectivity index is 0.00000200. The maximum atomic E-state index is 12.7. The quantitative estimate of drug-likeness (QED) is 0.777. The van der Waals surface area contributed by atoms with Gasteiger partial charge in [0.05, 0.1) is 5.56 Å². The largest absolute Gasteiger partial charge is 0.416 e. The van der Waals surface area contributed by atoms with E-state index in [-0.39, 0.29) is 18.3 Å². The van der Waals surface area contributed by atoms with Crippen molar-refractivity contribution in [1.82, 2.24) is 0 Å². The minimum absolute atomic E-state index is 0. The second kappa shape index (κ2) is 7.01. The van der Waals surface area contributed by atoms with Crippen molar-refractivity contribution in [1.29, 1.82) is 0 Å². The molecule has 0 unspecified atom stereocenters. The highest BCUT2D eigenvalue weighted by atomic mass is 35.5. The molecule has 0 saturated heterocycles. The molecule has 1 aromatic rings. The number of halogens is 5. The van der Waals surface area contributed by atoms with Crippen LogP contribution < -0.4 is 5.73 Å². The molecule has 1 saturated carbocycles. The van der Waals surface area contributed by atoms with E-state index in [1.165, 1.54) is 12.5 Å².